The van der Waals surface area contributed by atoms with Crippen LogP contribution in [0.25, 0.3) is 0 Å². The van der Waals surface area contributed by atoms with Crippen LogP contribution in [0.3, 0.4) is 0 Å². The maximum absolute atomic E-state index is 10.2. The second-order valence-corrected chi connectivity index (χ2v) is 6.42. The first-order valence-corrected chi connectivity index (χ1v) is 7.99. The van der Waals surface area contributed by atoms with E-state index in [1.54, 1.807) is 0 Å². The summed E-state index contributed by atoms with van der Waals surface area (Å²) < 4.78 is 5.32. The number of hydrogen-bond acceptors (Lipinski definition) is 4. The summed E-state index contributed by atoms with van der Waals surface area (Å²) in [4.78, 5) is 0. The number of hydrogen-bond donors (Lipinski definition) is 2. The van der Waals surface area contributed by atoms with Gasteiger partial charge in [-0.05, 0) is 44.2 Å². The lowest BCUT2D eigenvalue weighted by Gasteiger charge is -2.32. The van der Waals surface area contributed by atoms with Gasteiger partial charge in [0.25, 0.3) is 0 Å². The van der Waals surface area contributed by atoms with E-state index in [9.17, 15) is 10.4 Å². The van der Waals surface area contributed by atoms with Crippen molar-refractivity contribution >= 4 is 0 Å². The molecule has 1 atom stereocenters. The highest BCUT2D eigenvalue weighted by molar-refractivity contribution is 5.30. The third-order valence-corrected chi connectivity index (χ3v) is 4.51. The van der Waals surface area contributed by atoms with Crippen molar-refractivity contribution in [2.45, 2.75) is 45.8 Å². The van der Waals surface area contributed by atoms with Gasteiger partial charge < -0.3 is 15.2 Å². The first-order chi connectivity index (χ1) is 10.5. The first-order valence-electron chi connectivity index (χ1n) is 7.99. The maximum atomic E-state index is 10.2. The smallest absolute Gasteiger partial charge is 0.0692 e. The number of nitrogens with zero attached hydrogens (tertiary/aromatic N) is 1. The zero-order valence-corrected chi connectivity index (χ0v) is 13.6. The van der Waals surface area contributed by atoms with Crippen LogP contribution in [0.2, 0.25) is 0 Å². The molecule has 0 aliphatic carbocycles. The Morgan fingerprint density at radius 2 is 2.09 bits per heavy atom. The van der Waals surface area contributed by atoms with Gasteiger partial charge >= 0.3 is 0 Å². The summed E-state index contributed by atoms with van der Waals surface area (Å²) in [7, 11) is 0. The van der Waals surface area contributed by atoms with E-state index in [-0.39, 0.29) is 0 Å². The predicted molar refractivity (Wildman–Crippen MR) is 86.3 cm³/mol. The van der Waals surface area contributed by atoms with Crippen LogP contribution in [0.1, 0.15) is 36.0 Å². The van der Waals surface area contributed by atoms with Gasteiger partial charge in [0.1, 0.15) is 0 Å². The molecule has 22 heavy (non-hydrogen) atoms. The van der Waals surface area contributed by atoms with E-state index in [2.05, 4.69) is 43.4 Å². The molecule has 2 N–H and O–H groups in total. The van der Waals surface area contributed by atoms with Crippen LogP contribution in [0.4, 0.5) is 0 Å². The van der Waals surface area contributed by atoms with Crippen LogP contribution < -0.4 is 5.32 Å². The molecule has 0 spiro atoms. The van der Waals surface area contributed by atoms with Crippen LogP contribution in [0.5, 0.6) is 0 Å². The molecule has 1 heterocycles. The van der Waals surface area contributed by atoms with E-state index in [4.69, 9.17) is 4.74 Å². The third-order valence-electron chi connectivity index (χ3n) is 4.51. The first kappa shape index (κ1) is 17.0. The molecule has 1 aliphatic rings. The quantitative estimate of drug-likeness (QED) is 0.847. The third kappa shape index (κ3) is 4.54. The molecule has 1 saturated heterocycles. The highest BCUT2D eigenvalue weighted by atomic mass is 16.5. The molecule has 1 aromatic carbocycles. The largest absolute Gasteiger partial charge is 0.392 e. The molecule has 1 aliphatic heterocycles. The van der Waals surface area contributed by atoms with Crippen molar-refractivity contribution in [1.29, 1.82) is 5.26 Å². The van der Waals surface area contributed by atoms with Crippen LogP contribution in [0, 0.1) is 30.6 Å². The number of aryl methyl sites for hydroxylation is 2. The number of aliphatic hydroxyl groups is 1. The minimum absolute atomic E-state index is 0.418. The second-order valence-electron chi connectivity index (χ2n) is 6.42. The zero-order chi connectivity index (χ0) is 16.0. The summed E-state index contributed by atoms with van der Waals surface area (Å²) in [6.07, 6.45) is 1.46. The molecule has 1 fully saturated rings. The van der Waals surface area contributed by atoms with Gasteiger partial charge in [-0.15, -0.1) is 0 Å². The Bertz CT molecular complexity index is 530. The van der Waals surface area contributed by atoms with Crippen LogP contribution in [-0.4, -0.2) is 31.0 Å². The zero-order valence-electron chi connectivity index (χ0n) is 13.6. The average Bonchev–Trinajstić information content (AvgIpc) is 2.50. The molecular formula is C18H26N2O2. The van der Waals surface area contributed by atoms with Gasteiger partial charge in [0.2, 0.25) is 0 Å². The van der Waals surface area contributed by atoms with Crippen LogP contribution >= 0.6 is 0 Å². The average molecular weight is 302 g/mol. The van der Waals surface area contributed by atoms with E-state index in [1.807, 2.05) is 0 Å². The van der Waals surface area contributed by atoms with Gasteiger partial charge in [0.15, 0.2) is 0 Å². The van der Waals surface area contributed by atoms with Gasteiger partial charge in [-0.1, -0.05) is 23.8 Å². The Morgan fingerprint density at radius 1 is 1.36 bits per heavy atom. The number of ether oxygens (including phenoxy) is 1. The van der Waals surface area contributed by atoms with Crippen molar-refractivity contribution in [3.05, 3.63) is 34.9 Å². The van der Waals surface area contributed by atoms with Gasteiger partial charge in [-0.25, -0.2) is 0 Å². The van der Waals surface area contributed by atoms with Crippen molar-refractivity contribution in [3.63, 3.8) is 0 Å². The minimum atomic E-state index is -0.497. The minimum Gasteiger partial charge on any atom is -0.392 e. The lowest BCUT2D eigenvalue weighted by Crippen LogP contribution is -2.36. The molecule has 1 aromatic rings. The van der Waals surface area contributed by atoms with Crippen molar-refractivity contribution in [1.82, 2.24) is 5.32 Å². The normalized spacial score (nSPS) is 18.6. The maximum Gasteiger partial charge on any atom is 0.0692 e. The van der Waals surface area contributed by atoms with E-state index in [0.717, 1.165) is 19.4 Å². The number of benzene rings is 1. The van der Waals surface area contributed by atoms with Gasteiger partial charge in [0, 0.05) is 26.3 Å². The Labute approximate surface area is 133 Å². The SMILES string of the molecule is Cc1ccc(CNCC(O)CC2(C#N)CCOCC2)c(C)c1. The second kappa shape index (κ2) is 7.73. The number of nitrogens with one attached hydrogen (secondary N) is 1. The van der Waals surface area contributed by atoms with E-state index < -0.39 is 11.5 Å². The number of aliphatic hydroxyl groups excluding tert-OH is 1. The molecule has 120 valence electrons. The van der Waals surface area contributed by atoms with Crippen LogP contribution in [-0.2, 0) is 11.3 Å². The molecule has 0 aromatic heterocycles. The highest BCUT2D eigenvalue weighted by Crippen LogP contribution is 2.34. The van der Waals surface area contributed by atoms with E-state index in [0.29, 0.717) is 26.2 Å². The summed E-state index contributed by atoms with van der Waals surface area (Å²) in [5.74, 6) is 0. The molecule has 0 amide bonds. The fraction of sp³-hybridized carbons (Fsp3) is 0.611. The number of rotatable bonds is 6. The van der Waals surface area contributed by atoms with E-state index in [1.165, 1.54) is 16.7 Å². The summed E-state index contributed by atoms with van der Waals surface area (Å²) in [5, 5.41) is 23.0. The van der Waals surface area contributed by atoms with Crippen LogP contribution in [0.15, 0.2) is 18.2 Å². The molecular weight excluding hydrogens is 276 g/mol. The fourth-order valence-electron chi connectivity index (χ4n) is 3.06. The lowest BCUT2D eigenvalue weighted by atomic mass is 9.77. The summed E-state index contributed by atoms with van der Waals surface area (Å²) in [6, 6.07) is 8.80. The standard InChI is InChI=1S/C18H26N2O2/c1-14-3-4-16(15(2)9-14)11-20-12-17(21)10-18(13-19)5-7-22-8-6-18/h3-4,9,17,20-21H,5-8,10-12H2,1-2H3. The van der Waals surface area contributed by atoms with Crippen molar-refractivity contribution < 1.29 is 9.84 Å². The molecule has 2 rings (SSSR count). The molecule has 4 heteroatoms. The highest BCUT2D eigenvalue weighted by Gasteiger charge is 2.34. The predicted octanol–water partition coefficient (Wildman–Crippen LogP) is 2.46. The fourth-order valence-corrected chi connectivity index (χ4v) is 3.06. The van der Waals surface area contributed by atoms with Crippen molar-refractivity contribution in [2.24, 2.45) is 5.41 Å². The molecule has 0 radical (unpaired) electrons. The lowest BCUT2D eigenvalue weighted by molar-refractivity contribution is 0.0143. The molecule has 0 bridgehead atoms. The monoisotopic (exact) mass is 302 g/mol. The Balaban J connectivity index is 1.80. The summed E-state index contributed by atoms with van der Waals surface area (Å²) in [6.45, 7) is 6.69. The Kier molecular flexibility index (Phi) is 5.96. The summed E-state index contributed by atoms with van der Waals surface area (Å²) in [5.41, 5.74) is 3.36. The molecule has 1 unspecified atom stereocenters. The van der Waals surface area contributed by atoms with Gasteiger partial charge in [0.05, 0.1) is 17.6 Å². The van der Waals surface area contributed by atoms with Crippen molar-refractivity contribution in [2.75, 3.05) is 19.8 Å². The van der Waals surface area contributed by atoms with Gasteiger partial charge in [-0.2, -0.15) is 5.26 Å². The Hall–Kier alpha value is -1.41. The topological polar surface area (TPSA) is 65.3 Å². The Morgan fingerprint density at radius 3 is 2.73 bits per heavy atom. The molecule has 4 nitrogen and oxygen atoms in total. The van der Waals surface area contributed by atoms with E-state index >= 15 is 0 Å². The van der Waals surface area contributed by atoms with Crippen molar-refractivity contribution in [3.8, 4) is 6.07 Å². The number of nitriles is 1. The molecule has 0 saturated carbocycles. The summed E-state index contributed by atoms with van der Waals surface area (Å²) >= 11 is 0. The van der Waals surface area contributed by atoms with Gasteiger partial charge in [-0.3, -0.25) is 0 Å².